The molecule has 0 unspecified atom stereocenters. The Kier molecular flexibility index (Phi) is 5.61. The van der Waals surface area contributed by atoms with Crippen LogP contribution in [0, 0.1) is 0 Å². The Hall–Kier alpha value is -0.0900. The fraction of sp³-hybridized carbons (Fsp3) is 0.455. The van der Waals surface area contributed by atoms with Gasteiger partial charge in [0.15, 0.2) is 0 Å². The van der Waals surface area contributed by atoms with Gasteiger partial charge in [-0.1, -0.05) is 17.7 Å². The highest BCUT2D eigenvalue weighted by atomic mass is 79.9. The van der Waals surface area contributed by atoms with E-state index >= 15 is 0 Å². The van der Waals surface area contributed by atoms with E-state index in [4.69, 9.17) is 11.6 Å². The molecule has 0 heterocycles. The molecule has 84 valence electrons. The van der Waals surface area contributed by atoms with E-state index in [1.807, 2.05) is 13.1 Å². The molecule has 0 saturated carbocycles. The SMILES string of the molecule is CNCCN(C)Cc1ccc(Cl)c(Br)c1. The number of likely N-dealkylation sites (N-methyl/N-ethyl adjacent to an activating group) is 2. The van der Waals surface area contributed by atoms with Crippen molar-refractivity contribution in [2.75, 3.05) is 27.2 Å². The summed E-state index contributed by atoms with van der Waals surface area (Å²) in [4.78, 5) is 2.27. The van der Waals surface area contributed by atoms with Gasteiger partial charge in [-0.2, -0.15) is 0 Å². The molecule has 0 bridgehead atoms. The Morgan fingerprint density at radius 2 is 2.20 bits per heavy atom. The third-order valence-electron chi connectivity index (χ3n) is 2.18. The predicted octanol–water partition coefficient (Wildman–Crippen LogP) is 2.75. The van der Waals surface area contributed by atoms with E-state index in [1.54, 1.807) is 0 Å². The normalized spacial score (nSPS) is 11.0. The van der Waals surface area contributed by atoms with Crippen LogP contribution in [-0.2, 0) is 6.54 Å². The zero-order valence-corrected chi connectivity index (χ0v) is 11.4. The van der Waals surface area contributed by atoms with E-state index in [0.717, 1.165) is 29.1 Å². The molecular formula is C11H16BrClN2. The number of nitrogens with zero attached hydrogens (tertiary/aromatic N) is 1. The highest BCUT2D eigenvalue weighted by molar-refractivity contribution is 9.10. The van der Waals surface area contributed by atoms with Crippen molar-refractivity contribution in [1.29, 1.82) is 0 Å². The van der Waals surface area contributed by atoms with E-state index in [2.05, 4.69) is 45.3 Å². The van der Waals surface area contributed by atoms with Crippen molar-refractivity contribution >= 4 is 27.5 Å². The van der Waals surface area contributed by atoms with Crippen LogP contribution in [0.15, 0.2) is 22.7 Å². The van der Waals surface area contributed by atoms with Gasteiger partial charge >= 0.3 is 0 Å². The van der Waals surface area contributed by atoms with Gasteiger partial charge in [0, 0.05) is 24.1 Å². The van der Waals surface area contributed by atoms with Gasteiger partial charge in [0.1, 0.15) is 0 Å². The van der Waals surface area contributed by atoms with E-state index in [9.17, 15) is 0 Å². The number of hydrogen-bond acceptors (Lipinski definition) is 2. The Labute approximate surface area is 105 Å². The van der Waals surface area contributed by atoms with Crippen LogP contribution in [0.3, 0.4) is 0 Å². The van der Waals surface area contributed by atoms with Gasteiger partial charge in [0.2, 0.25) is 0 Å². The summed E-state index contributed by atoms with van der Waals surface area (Å²) < 4.78 is 0.962. The molecule has 1 aromatic carbocycles. The Bertz CT molecular complexity index is 317. The molecule has 4 heteroatoms. The summed E-state index contributed by atoms with van der Waals surface area (Å²) in [6.45, 7) is 2.99. The van der Waals surface area contributed by atoms with Crippen molar-refractivity contribution in [3.63, 3.8) is 0 Å². The van der Waals surface area contributed by atoms with Crippen LogP contribution in [0.5, 0.6) is 0 Å². The minimum Gasteiger partial charge on any atom is -0.318 e. The molecular weight excluding hydrogens is 275 g/mol. The van der Waals surface area contributed by atoms with Gasteiger partial charge in [-0.05, 0) is 47.7 Å². The Balaban J connectivity index is 2.53. The molecule has 0 aliphatic rings. The van der Waals surface area contributed by atoms with Crippen molar-refractivity contribution in [3.8, 4) is 0 Å². The van der Waals surface area contributed by atoms with E-state index in [0.29, 0.717) is 0 Å². The van der Waals surface area contributed by atoms with Crippen molar-refractivity contribution in [2.24, 2.45) is 0 Å². The van der Waals surface area contributed by atoms with Crippen LogP contribution in [0.1, 0.15) is 5.56 Å². The zero-order chi connectivity index (χ0) is 11.3. The molecule has 0 atom stereocenters. The first-order chi connectivity index (χ1) is 7.13. The van der Waals surface area contributed by atoms with Crippen LogP contribution in [0.2, 0.25) is 5.02 Å². The maximum absolute atomic E-state index is 5.93. The van der Waals surface area contributed by atoms with Gasteiger partial charge in [-0.25, -0.2) is 0 Å². The second-order valence-corrected chi connectivity index (χ2v) is 4.85. The minimum absolute atomic E-state index is 0.761. The lowest BCUT2D eigenvalue weighted by molar-refractivity contribution is 0.328. The fourth-order valence-electron chi connectivity index (χ4n) is 1.33. The third kappa shape index (κ3) is 4.51. The highest BCUT2D eigenvalue weighted by Gasteiger charge is 2.02. The topological polar surface area (TPSA) is 15.3 Å². The van der Waals surface area contributed by atoms with Crippen LogP contribution in [-0.4, -0.2) is 32.1 Å². The maximum Gasteiger partial charge on any atom is 0.0548 e. The monoisotopic (exact) mass is 290 g/mol. The van der Waals surface area contributed by atoms with E-state index in [-0.39, 0.29) is 0 Å². The highest BCUT2D eigenvalue weighted by Crippen LogP contribution is 2.23. The second kappa shape index (κ2) is 6.48. The van der Waals surface area contributed by atoms with E-state index in [1.165, 1.54) is 5.56 Å². The van der Waals surface area contributed by atoms with Gasteiger partial charge in [0.05, 0.1) is 5.02 Å². The molecule has 15 heavy (non-hydrogen) atoms. The molecule has 0 radical (unpaired) electrons. The average molecular weight is 292 g/mol. The summed E-state index contributed by atoms with van der Waals surface area (Å²) in [5.41, 5.74) is 1.27. The second-order valence-electron chi connectivity index (χ2n) is 3.59. The summed E-state index contributed by atoms with van der Waals surface area (Å²) in [5, 5.41) is 3.89. The Morgan fingerprint density at radius 3 is 2.80 bits per heavy atom. The molecule has 1 aromatic rings. The molecule has 1 N–H and O–H groups in total. The average Bonchev–Trinajstić information content (AvgIpc) is 2.20. The largest absolute Gasteiger partial charge is 0.318 e. The van der Waals surface area contributed by atoms with Crippen LogP contribution in [0.4, 0.5) is 0 Å². The number of halogens is 2. The third-order valence-corrected chi connectivity index (χ3v) is 3.39. The minimum atomic E-state index is 0.761. The van der Waals surface area contributed by atoms with Crippen molar-refractivity contribution in [1.82, 2.24) is 10.2 Å². The Morgan fingerprint density at radius 1 is 1.47 bits per heavy atom. The lowest BCUT2D eigenvalue weighted by Gasteiger charge is -2.16. The van der Waals surface area contributed by atoms with Gasteiger partial charge in [0.25, 0.3) is 0 Å². The summed E-state index contributed by atoms with van der Waals surface area (Å²) in [6.07, 6.45) is 0. The molecule has 0 fully saturated rings. The molecule has 0 aromatic heterocycles. The van der Waals surface area contributed by atoms with Gasteiger partial charge < -0.3 is 10.2 Å². The first-order valence-corrected chi connectivity index (χ1v) is 6.07. The lowest BCUT2D eigenvalue weighted by Crippen LogP contribution is -2.26. The molecule has 0 saturated heterocycles. The number of rotatable bonds is 5. The molecule has 0 aliphatic heterocycles. The van der Waals surface area contributed by atoms with Crippen LogP contribution < -0.4 is 5.32 Å². The summed E-state index contributed by atoms with van der Waals surface area (Å²) in [5.74, 6) is 0. The standard InChI is InChI=1S/C11H16BrClN2/c1-14-5-6-15(2)8-9-3-4-11(13)10(12)7-9/h3-4,7,14H,5-6,8H2,1-2H3. The predicted molar refractivity (Wildman–Crippen MR) is 69.4 cm³/mol. The number of benzene rings is 1. The van der Waals surface area contributed by atoms with Crippen molar-refractivity contribution in [2.45, 2.75) is 6.54 Å². The molecule has 1 rings (SSSR count). The lowest BCUT2D eigenvalue weighted by atomic mass is 10.2. The first-order valence-electron chi connectivity index (χ1n) is 4.90. The summed E-state index contributed by atoms with van der Waals surface area (Å²) >= 11 is 9.36. The first kappa shape index (κ1) is 13.0. The quantitative estimate of drug-likeness (QED) is 0.897. The number of hydrogen-bond donors (Lipinski definition) is 1. The summed E-state index contributed by atoms with van der Waals surface area (Å²) in [7, 11) is 4.08. The summed E-state index contributed by atoms with van der Waals surface area (Å²) in [6, 6.07) is 6.05. The van der Waals surface area contributed by atoms with Crippen LogP contribution in [0.25, 0.3) is 0 Å². The smallest absolute Gasteiger partial charge is 0.0548 e. The maximum atomic E-state index is 5.93. The van der Waals surface area contributed by atoms with E-state index < -0.39 is 0 Å². The van der Waals surface area contributed by atoms with Crippen molar-refractivity contribution < 1.29 is 0 Å². The number of nitrogens with one attached hydrogen (secondary N) is 1. The van der Waals surface area contributed by atoms with Gasteiger partial charge in [-0.15, -0.1) is 0 Å². The molecule has 2 nitrogen and oxygen atoms in total. The van der Waals surface area contributed by atoms with Gasteiger partial charge in [-0.3, -0.25) is 0 Å². The molecule has 0 spiro atoms. The zero-order valence-electron chi connectivity index (χ0n) is 9.06. The van der Waals surface area contributed by atoms with Crippen LogP contribution >= 0.6 is 27.5 Å². The molecule has 0 amide bonds. The van der Waals surface area contributed by atoms with Crippen molar-refractivity contribution in [3.05, 3.63) is 33.3 Å². The molecule has 0 aliphatic carbocycles. The fourth-order valence-corrected chi connectivity index (χ4v) is 1.88.